The maximum absolute atomic E-state index is 13.0. The van der Waals surface area contributed by atoms with Gasteiger partial charge < -0.3 is 9.80 Å². The zero-order chi connectivity index (χ0) is 22.0. The number of halogens is 3. The number of hydrogen-bond acceptors (Lipinski definition) is 3. The van der Waals surface area contributed by atoms with Gasteiger partial charge in [0, 0.05) is 37.4 Å². The summed E-state index contributed by atoms with van der Waals surface area (Å²) >= 11 is 0. The largest absolute Gasteiger partial charge is 0.416 e. The third-order valence-corrected chi connectivity index (χ3v) is 5.49. The number of anilines is 1. The molecule has 7 heteroatoms. The number of pyridine rings is 1. The molecule has 160 valence electrons. The van der Waals surface area contributed by atoms with Crippen LogP contribution in [-0.4, -0.2) is 42.0 Å². The highest BCUT2D eigenvalue weighted by atomic mass is 19.4. The predicted molar refractivity (Wildman–Crippen MR) is 114 cm³/mol. The van der Waals surface area contributed by atoms with Gasteiger partial charge in [-0.1, -0.05) is 36.4 Å². The molecule has 0 radical (unpaired) electrons. The molecule has 0 unspecified atom stereocenters. The molecule has 2 aromatic carbocycles. The molecule has 0 atom stereocenters. The van der Waals surface area contributed by atoms with Crippen LogP contribution in [0.15, 0.2) is 66.7 Å². The van der Waals surface area contributed by atoms with Crippen molar-refractivity contribution in [1.82, 2.24) is 9.88 Å². The first-order valence-electron chi connectivity index (χ1n) is 10.1. The second-order valence-electron chi connectivity index (χ2n) is 7.52. The summed E-state index contributed by atoms with van der Waals surface area (Å²) in [6, 6.07) is 18.7. The highest BCUT2D eigenvalue weighted by Gasteiger charge is 2.31. The number of rotatable bonds is 3. The maximum atomic E-state index is 13.0. The zero-order valence-corrected chi connectivity index (χ0v) is 17.1. The van der Waals surface area contributed by atoms with Crippen LogP contribution in [0.25, 0.3) is 11.3 Å². The van der Waals surface area contributed by atoms with Crippen LogP contribution in [0.5, 0.6) is 0 Å². The number of aryl methyl sites for hydroxylation is 1. The normalized spacial score (nSPS) is 14.6. The summed E-state index contributed by atoms with van der Waals surface area (Å²) in [6.07, 6.45) is -4.37. The Morgan fingerprint density at radius 1 is 0.903 bits per heavy atom. The van der Waals surface area contributed by atoms with Crippen LogP contribution in [0.4, 0.5) is 18.9 Å². The maximum Gasteiger partial charge on any atom is 0.416 e. The van der Waals surface area contributed by atoms with Crippen LogP contribution in [0.2, 0.25) is 0 Å². The summed E-state index contributed by atoms with van der Waals surface area (Å²) in [4.78, 5) is 21.2. The lowest BCUT2D eigenvalue weighted by Crippen LogP contribution is -2.49. The quantitative estimate of drug-likeness (QED) is 0.590. The highest BCUT2D eigenvalue weighted by molar-refractivity contribution is 5.95. The number of amides is 1. The van der Waals surface area contributed by atoms with Gasteiger partial charge in [-0.25, -0.2) is 0 Å². The number of aromatic nitrogens is 1. The van der Waals surface area contributed by atoms with Crippen LogP contribution >= 0.6 is 0 Å². The Balaban J connectivity index is 1.44. The molecule has 0 saturated carbocycles. The van der Waals surface area contributed by atoms with Crippen molar-refractivity contribution in [2.75, 3.05) is 31.1 Å². The Bertz CT molecular complexity index is 1070. The van der Waals surface area contributed by atoms with E-state index in [1.165, 1.54) is 6.07 Å². The molecule has 0 bridgehead atoms. The first-order chi connectivity index (χ1) is 14.8. The summed E-state index contributed by atoms with van der Waals surface area (Å²) in [7, 11) is 0. The molecule has 1 aliphatic heterocycles. The van der Waals surface area contributed by atoms with Gasteiger partial charge in [0.25, 0.3) is 5.91 Å². The molecular formula is C24H22F3N3O. The van der Waals surface area contributed by atoms with Crippen LogP contribution < -0.4 is 4.90 Å². The van der Waals surface area contributed by atoms with Crippen molar-refractivity contribution in [1.29, 1.82) is 0 Å². The van der Waals surface area contributed by atoms with Crippen molar-refractivity contribution in [2.24, 2.45) is 0 Å². The number of carbonyl (C=O) groups is 1. The molecule has 0 N–H and O–H groups in total. The van der Waals surface area contributed by atoms with Gasteiger partial charge in [0.15, 0.2) is 0 Å². The van der Waals surface area contributed by atoms with Crippen LogP contribution in [0.3, 0.4) is 0 Å². The van der Waals surface area contributed by atoms with Crippen LogP contribution in [0.1, 0.15) is 21.6 Å². The van der Waals surface area contributed by atoms with Gasteiger partial charge in [-0.2, -0.15) is 13.2 Å². The minimum absolute atomic E-state index is 0.103. The predicted octanol–water partition coefficient (Wildman–Crippen LogP) is 5.04. The molecule has 1 fully saturated rings. The van der Waals surface area contributed by atoms with E-state index >= 15 is 0 Å². The van der Waals surface area contributed by atoms with E-state index < -0.39 is 11.7 Å². The molecule has 31 heavy (non-hydrogen) atoms. The lowest BCUT2D eigenvalue weighted by atomic mass is 10.1. The molecule has 1 aromatic heterocycles. The molecular weight excluding hydrogens is 403 g/mol. The van der Waals surface area contributed by atoms with Gasteiger partial charge >= 0.3 is 6.18 Å². The van der Waals surface area contributed by atoms with Crippen molar-refractivity contribution in [3.63, 3.8) is 0 Å². The Morgan fingerprint density at radius 2 is 1.61 bits per heavy atom. The van der Waals surface area contributed by atoms with Gasteiger partial charge in [-0.3, -0.25) is 9.78 Å². The van der Waals surface area contributed by atoms with E-state index in [0.717, 1.165) is 23.4 Å². The van der Waals surface area contributed by atoms with E-state index in [1.807, 2.05) is 48.2 Å². The number of carbonyl (C=O) groups excluding carboxylic acids is 1. The number of piperazine rings is 1. The lowest BCUT2D eigenvalue weighted by Gasteiger charge is -2.36. The minimum Gasteiger partial charge on any atom is -0.368 e. The van der Waals surface area contributed by atoms with Gasteiger partial charge in [-0.15, -0.1) is 0 Å². The van der Waals surface area contributed by atoms with Gasteiger partial charge in [0.2, 0.25) is 0 Å². The summed E-state index contributed by atoms with van der Waals surface area (Å²) < 4.78 is 39.0. The first kappa shape index (κ1) is 20.9. The molecule has 3 aromatic rings. The SMILES string of the molecule is Cc1nc(-c2ccccc2)ccc1C(=O)N1CCN(c2cccc(C(F)(F)F)c2)CC1. The first-order valence-corrected chi connectivity index (χ1v) is 10.1. The second kappa shape index (κ2) is 8.41. The number of hydrogen-bond donors (Lipinski definition) is 0. The molecule has 1 aliphatic rings. The van der Waals surface area contributed by atoms with Crippen molar-refractivity contribution in [2.45, 2.75) is 13.1 Å². The van der Waals surface area contributed by atoms with Crippen LogP contribution in [-0.2, 0) is 6.18 Å². The van der Waals surface area contributed by atoms with Crippen LogP contribution in [0, 0.1) is 6.92 Å². The molecule has 2 heterocycles. The third-order valence-electron chi connectivity index (χ3n) is 5.49. The van der Waals surface area contributed by atoms with Crippen molar-refractivity contribution >= 4 is 11.6 Å². The monoisotopic (exact) mass is 425 g/mol. The number of benzene rings is 2. The fraction of sp³-hybridized carbons (Fsp3) is 0.250. The van der Waals surface area contributed by atoms with E-state index in [2.05, 4.69) is 4.98 Å². The molecule has 4 nitrogen and oxygen atoms in total. The molecule has 1 amide bonds. The lowest BCUT2D eigenvalue weighted by molar-refractivity contribution is -0.137. The van der Waals surface area contributed by atoms with E-state index in [-0.39, 0.29) is 5.91 Å². The van der Waals surface area contributed by atoms with Gasteiger partial charge in [0.05, 0.1) is 22.5 Å². The third kappa shape index (κ3) is 4.55. The molecule has 0 aliphatic carbocycles. The topological polar surface area (TPSA) is 36.4 Å². The standard InChI is InChI=1S/C24H22F3N3O/c1-17-21(10-11-22(28-17)18-6-3-2-4-7-18)23(31)30-14-12-29(13-15-30)20-9-5-8-19(16-20)24(25,26)27/h2-11,16H,12-15H2,1H3. The number of nitrogens with zero attached hydrogens (tertiary/aromatic N) is 3. The zero-order valence-electron chi connectivity index (χ0n) is 17.1. The fourth-order valence-electron chi connectivity index (χ4n) is 3.77. The van der Waals surface area contributed by atoms with Gasteiger partial charge in [0.1, 0.15) is 0 Å². The van der Waals surface area contributed by atoms with Crippen molar-refractivity contribution in [3.05, 3.63) is 83.6 Å². The average molecular weight is 425 g/mol. The molecule has 1 saturated heterocycles. The van der Waals surface area contributed by atoms with Gasteiger partial charge in [-0.05, 0) is 37.3 Å². The Hall–Kier alpha value is -3.35. The summed E-state index contributed by atoms with van der Waals surface area (Å²) in [6.45, 7) is 3.64. The van der Waals surface area contributed by atoms with Crippen molar-refractivity contribution in [3.8, 4) is 11.3 Å². The number of alkyl halides is 3. The van der Waals surface area contributed by atoms with E-state index in [9.17, 15) is 18.0 Å². The van der Waals surface area contributed by atoms with E-state index in [4.69, 9.17) is 0 Å². The smallest absolute Gasteiger partial charge is 0.368 e. The van der Waals surface area contributed by atoms with Crippen molar-refractivity contribution < 1.29 is 18.0 Å². The molecule has 4 rings (SSSR count). The minimum atomic E-state index is -4.37. The van der Waals surface area contributed by atoms with E-state index in [0.29, 0.717) is 43.1 Å². The average Bonchev–Trinajstić information content (AvgIpc) is 2.79. The Kier molecular flexibility index (Phi) is 5.67. The Labute approximate surface area is 178 Å². The second-order valence-corrected chi connectivity index (χ2v) is 7.52. The van der Waals surface area contributed by atoms with E-state index in [1.54, 1.807) is 17.0 Å². The Morgan fingerprint density at radius 3 is 2.26 bits per heavy atom. The summed E-state index contributed by atoms with van der Waals surface area (Å²) in [5.41, 5.74) is 2.86. The summed E-state index contributed by atoms with van der Waals surface area (Å²) in [5, 5.41) is 0. The molecule has 0 spiro atoms. The summed E-state index contributed by atoms with van der Waals surface area (Å²) in [5.74, 6) is -0.103. The highest BCUT2D eigenvalue weighted by Crippen LogP contribution is 2.32. The fourth-order valence-corrected chi connectivity index (χ4v) is 3.77.